The highest BCUT2D eigenvalue weighted by molar-refractivity contribution is 5.79. The van der Waals surface area contributed by atoms with Gasteiger partial charge < -0.3 is 35.2 Å². The number of hydrogen-bond donors (Lipinski definition) is 3. The Morgan fingerprint density at radius 2 is 1.87 bits per heavy atom. The van der Waals surface area contributed by atoms with E-state index in [-0.39, 0.29) is 31.8 Å². The Bertz CT molecular complexity index is 1000. The summed E-state index contributed by atoms with van der Waals surface area (Å²) in [5.74, 6) is -1.39. The van der Waals surface area contributed by atoms with E-state index in [1.807, 2.05) is 9.80 Å². The van der Waals surface area contributed by atoms with Crippen molar-refractivity contribution in [2.45, 2.75) is 64.5 Å². The van der Waals surface area contributed by atoms with Crippen molar-refractivity contribution in [3.8, 4) is 11.5 Å². The third-order valence-corrected chi connectivity index (χ3v) is 7.86. The van der Waals surface area contributed by atoms with E-state index in [1.165, 1.54) is 6.92 Å². The van der Waals surface area contributed by atoms with Gasteiger partial charge in [0, 0.05) is 57.7 Å². The first-order valence-electron chi connectivity index (χ1n) is 13.9. The highest BCUT2D eigenvalue weighted by Gasteiger charge is 2.47. The van der Waals surface area contributed by atoms with Crippen LogP contribution >= 0.6 is 0 Å². The molecule has 11 heteroatoms. The first-order chi connectivity index (χ1) is 18.7. The largest absolute Gasteiger partial charge is 0.481 e. The van der Waals surface area contributed by atoms with E-state index >= 15 is 0 Å². The van der Waals surface area contributed by atoms with Crippen LogP contribution in [0, 0.1) is 5.92 Å². The van der Waals surface area contributed by atoms with Crippen molar-refractivity contribution >= 4 is 17.8 Å². The molecule has 4 N–H and O–H groups in total. The van der Waals surface area contributed by atoms with Crippen molar-refractivity contribution in [1.82, 2.24) is 14.7 Å². The number of aliphatic hydroxyl groups excluding tert-OH is 1. The SMILES string of the molecule is CCCCN(CCCCN)C(=O)CN1C[C@H](c2cc(CO)c3c(c2)OCO3)[C@@H](C(=O)O)[C@@H]1CCN(C)C(C)=O. The summed E-state index contributed by atoms with van der Waals surface area (Å²) >= 11 is 0. The van der Waals surface area contributed by atoms with Crippen LogP contribution in [0.3, 0.4) is 0 Å². The number of amides is 2. The van der Waals surface area contributed by atoms with Gasteiger partial charge in [0.2, 0.25) is 18.6 Å². The molecule has 0 aromatic heterocycles. The number of carboxylic acid groups (broad SMARTS) is 1. The molecule has 3 atom stereocenters. The van der Waals surface area contributed by atoms with E-state index in [0.29, 0.717) is 56.2 Å². The molecular weight excluding hydrogens is 504 g/mol. The third-order valence-electron chi connectivity index (χ3n) is 7.86. The van der Waals surface area contributed by atoms with Crippen LogP contribution in [0.1, 0.15) is 63.0 Å². The lowest BCUT2D eigenvalue weighted by Gasteiger charge is -2.30. The highest BCUT2D eigenvalue weighted by atomic mass is 16.7. The Labute approximate surface area is 230 Å². The van der Waals surface area contributed by atoms with Gasteiger partial charge in [-0.05, 0) is 49.9 Å². The number of carbonyl (C=O) groups excluding carboxylic acids is 2. The fraction of sp³-hybridized carbons (Fsp3) is 0.679. The van der Waals surface area contributed by atoms with Crippen molar-refractivity contribution in [3.63, 3.8) is 0 Å². The standard InChI is InChI=1S/C28H44N4O7/c1-4-5-10-31(11-7-6-9-29)25(35)16-32-15-22(20-13-21(17-33)27-24(14-20)38-18-39-27)26(28(36)37)23(32)8-12-30(3)19(2)34/h13-14,22-23,26,33H,4-12,15-18,29H2,1-3H3,(H,36,37)/t22-,23+,26-/m1/s1. The number of ether oxygens (including phenoxy) is 2. The Morgan fingerprint density at radius 1 is 1.13 bits per heavy atom. The van der Waals surface area contributed by atoms with Crippen molar-refractivity contribution in [1.29, 1.82) is 0 Å². The van der Waals surface area contributed by atoms with Crippen LogP contribution in [0.2, 0.25) is 0 Å². The zero-order valence-electron chi connectivity index (χ0n) is 23.4. The quantitative estimate of drug-likeness (QED) is 0.278. The van der Waals surface area contributed by atoms with Gasteiger partial charge in [0.1, 0.15) is 0 Å². The predicted molar refractivity (Wildman–Crippen MR) is 145 cm³/mol. The van der Waals surface area contributed by atoms with Gasteiger partial charge in [0.15, 0.2) is 11.5 Å². The molecule has 0 aliphatic carbocycles. The monoisotopic (exact) mass is 548 g/mol. The average molecular weight is 549 g/mol. The number of nitrogens with two attached hydrogens (primary N) is 1. The minimum atomic E-state index is -0.959. The molecule has 39 heavy (non-hydrogen) atoms. The number of unbranched alkanes of at least 4 members (excludes halogenated alkanes) is 2. The highest BCUT2D eigenvalue weighted by Crippen LogP contribution is 2.44. The number of fused-ring (bicyclic) bond motifs is 1. The maximum Gasteiger partial charge on any atom is 0.308 e. The Hall–Kier alpha value is -2.89. The van der Waals surface area contributed by atoms with Gasteiger partial charge >= 0.3 is 5.97 Å². The summed E-state index contributed by atoms with van der Waals surface area (Å²) in [4.78, 5) is 43.5. The Kier molecular flexibility index (Phi) is 11.4. The molecule has 0 spiro atoms. The predicted octanol–water partition coefficient (Wildman–Crippen LogP) is 1.61. The first-order valence-corrected chi connectivity index (χ1v) is 13.9. The Morgan fingerprint density at radius 3 is 2.51 bits per heavy atom. The minimum Gasteiger partial charge on any atom is -0.481 e. The molecule has 2 amide bonds. The number of carbonyl (C=O) groups is 3. The molecule has 1 aromatic rings. The third kappa shape index (κ3) is 7.61. The molecule has 218 valence electrons. The number of aliphatic carboxylic acids is 1. The summed E-state index contributed by atoms with van der Waals surface area (Å²) in [7, 11) is 1.69. The summed E-state index contributed by atoms with van der Waals surface area (Å²) in [5.41, 5.74) is 6.92. The number of rotatable bonds is 15. The molecule has 0 saturated carbocycles. The maximum atomic E-state index is 13.5. The van der Waals surface area contributed by atoms with Gasteiger partial charge in [-0.15, -0.1) is 0 Å². The van der Waals surface area contributed by atoms with Gasteiger partial charge in [0.05, 0.1) is 19.1 Å². The van der Waals surface area contributed by atoms with Crippen LogP contribution in [-0.2, 0) is 21.0 Å². The van der Waals surface area contributed by atoms with E-state index in [9.17, 15) is 24.6 Å². The van der Waals surface area contributed by atoms with Gasteiger partial charge in [-0.2, -0.15) is 0 Å². The lowest BCUT2D eigenvalue weighted by Crippen LogP contribution is -2.45. The molecular formula is C28H44N4O7. The zero-order chi connectivity index (χ0) is 28.5. The number of nitrogens with zero attached hydrogens (tertiary/aromatic N) is 3. The molecule has 1 aromatic carbocycles. The van der Waals surface area contributed by atoms with Crippen LogP contribution in [0.4, 0.5) is 0 Å². The van der Waals surface area contributed by atoms with Crippen molar-refractivity contribution in [2.75, 3.05) is 53.1 Å². The number of hydrogen-bond acceptors (Lipinski definition) is 8. The Balaban J connectivity index is 1.91. The van der Waals surface area contributed by atoms with Gasteiger partial charge in [-0.3, -0.25) is 19.3 Å². The summed E-state index contributed by atoms with van der Waals surface area (Å²) in [6.45, 7) is 5.99. The molecule has 1 fully saturated rings. The van der Waals surface area contributed by atoms with Gasteiger partial charge in [-0.1, -0.05) is 13.3 Å². The fourth-order valence-electron chi connectivity index (χ4n) is 5.54. The normalized spacial score (nSPS) is 20.3. The number of likely N-dealkylation sites (tertiary alicyclic amines) is 1. The van der Waals surface area contributed by atoms with E-state index in [0.717, 1.165) is 31.2 Å². The smallest absolute Gasteiger partial charge is 0.308 e. The van der Waals surface area contributed by atoms with E-state index < -0.39 is 23.8 Å². The molecule has 3 rings (SSSR count). The maximum absolute atomic E-state index is 13.5. The van der Waals surface area contributed by atoms with Crippen molar-refractivity contribution in [3.05, 3.63) is 23.3 Å². The molecule has 0 bridgehead atoms. The lowest BCUT2D eigenvalue weighted by atomic mass is 9.83. The van der Waals surface area contributed by atoms with Crippen LogP contribution in [0.5, 0.6) is 11.5 Å². The van der Waals surface area contributed by atoms with Crippen molar-refractivity contribution < 1.29 is 34.1 Å². The summed E-state index contributed by atoms with van der Waals surface area (Å²) in [6.07, 6.45) is 3.92. The topological polar surface area (TPSA) is 146 Å². The lowest BCUT2D eigenvalue weighted by molar-refractivity contribution is -0.144. The molecule has 0 unspecified atom stereocenters. The molecule has 1 saturated heterocycles. The van der Waals surface area contributed by atoms with Gasteiger partial charge in [0.25, 0.3) is 0 Å². The molecule has 11 nitrogen and oxygen atoms in total. The van der Waals surface area contributed by atoms with E-state index in [1.54, 1.807) is 24.1 Å². The van der Waals surface area contributed by atoms with Crippen LogP contribution in [0.25, 0.3) is 0 Å². The second-order valence-corrected chi connectivity index (χ2v) is 10.5. The summed E-state index contributed by atoms with van der Waals surface area (Å²) in [5, 5.41) is 20.3. The fourth-order valence-corrected chi connectivity index (χ4v) is 5.54. The van der Waals surface area contributed by atoms with E-state index in [2.05, 4.69) is 6.92 Å². The van der Waals surface area contributed by atoms with Crippen LogP contribution in [-0.4, -0.2) is 102 Å². The number of aliphatic hydroxyl groups is 1. The minimum absolute atomic E-state index is 0.0306. The van der Waals surface area contributed by atoms with Crippen molar-refractivity contribution in [2.24, 2.45) is 11.7 Å². The summed E-state index contributed by atoms with van der Waals surface area (Å²) in [6, 6.07) is 3.10. The number of benzene rings is 1. The van der Waals surface area contributed by atoms with Crippen LogP contribution in [0.15, 0.2) is 12.1 Å². The first kappa shape index (κ1) is 30.6. The molecule has 2 aliphatic heterocycles. The molecule has 0 radical (unpaired) electrons. The van der Waals surface area contributed by atoms with Gasteiger partial charge in [-0.25, -0.2) is 0 Å². The second-order valence-electron chi connectivity index (χ2n) is 10.5. The van der Waals surface area contributed by atoms with Crippen LogP contribution < -0.4 is 15.2 Å². The summed E-state index contributed by atoms with van der Waals surface area (Å²) < 4.78 is 11.1. The zero-order valence-corrected chi connectivity index (χ0v) is 23.4. The molecule has 2 heterocycles. The van der Waals surface area contributed by atoms with E-state index in [4.69, 9.17) is 15.2 Å². The average Bonchev–Trinajstić information content (AvgIpc) is 3.53. The second kappa shape index (κ2) is 14.5. The molecule has 2 aliphatic rings. The number of carboxylic acids is 1.